The lowest BCUT2D eigenvalue weighted by atomic mass is 9.93. The molecule has 1 amide bonds. The molecule has 7 nitrogen and oxygen atoms in total. The number of hydrogen-bond donors (Lipinski definition) is 1. The summed E-state index contributed by atoms with van der Waals surface area (Å²) in [5.41, 5.74) is 4.47. The second kappa shape index (κ2) is 9.08. The first kappa shape index (κ1) is 21.2. The number of imidazole rings is 1. The van der Waals surface area contributed by atoms with Crippen molar-refractivity contribution in [3.63, 3.8) is 0 Å². The van der Waals surface area contributed by atoms with Crippen LogP contribution in [0.4, 0.5) is 5.69 Å². The van der Waals surface area contributed by atoms with Gasteiger partial charge in [-0.05, 0) is 37.0 Å². The Hall–Kier alpha value is -2.64. The number of morpholine rings is 1. The van der Waals surface area contributed by atoms with Gasteiger partial charge in [-0.25, -0.2) is 9.97 Å². The molecule has 168 valence electrons. The lowest BCUT2D eigenvalue weighted by molar-refractivity contribution is -0.130. The monoisotopic (exact) mass is 453 g/mol. The van der Waals surface area contributed by atoms with E-state index in [-0.39, 0.29) is 5.91 Å². The molecule has 0 bridgehead atoms. The van der Waals surface area contributed by atoms with Crippen molar-refractivity contribution in [2.75, 3.05) is 44.3 Å². The van der Waals surface area contributed by atoms with Crippen molar-refractivity contribution in [1.29, 1.82) is 0 Å². The number of pyridine rings is 1. The third-order valence-corrected chi connectivity index (χ3v) is 6.82. The molecule has 2 aromatic heterocycles. The maximum atomic E-state index is 11.5. The molecule has 0 radical (unpaired) electrons. The number of ether oxygens (including phenoxy) is 1. The van der Waals surface area contributed by atoms with Crippen LogP contribution < -0.4 is 4.90 Å². The minimum atomic E-state index is 0.163. The van der Waals surface area contributed by atoms with Crippen LogP contribution in [0, 0.1) is 5.92 Å². The van der Waals surface area contributed by atoms with Gasteiger partial charge in [0.15, 0.2) is 5.65 Å². The highest BCUT2D eigenvalue weighted by Crippen LogP contribution is 2.31. The molecule has 3 aromatic rings. The van der Waals surface area contributed by atoms with Crippen molar-refractivity contribution in [2.24, 2.45) is 5.92 Å². The minimum absolute atomic E-state index is 0.163. The van der Waals surface area contributed by atoms with Gasteiger partial charge in [0.2, 0.25) is 5.91 Å². The quantitative estimate of drug-likeness (QED) is 0.648. The molecule has 2 aliphatic rings. The summed E-state index contributed by atoms with van der Waals surface area (Å²) < 4.78 is 5.44. The second-order valence-corrected chi connectivity index (χ2v) is 9.08. The molecule has 2 aliphatic heterocycles. The maximum absolute atomic E-state index is 11.5. The van der Waals surface area contributed by atoms with Gasteiger partial charge >= 0.3 is 0 Å². The summed E-state index contributed by atoms with van der Waals surface area (Å²) in [6, 6.07) is 10.3. The zero-order chi connectivity index (χ0) is 22.1. The van der Waals surface area contributed by atoms with Gasteiger partial charge in [0.1, 0.15) is 5.82 Å². The number of nitrogens with zero attached hydrogens (tertiary/aromatic N) is 4. The van der Waals surface area contributed by atoms with Crippen LogP contribution in [0.15, 0.2) is 30.3 Å². The van der Waals surface area contributed by atoms with Gasteiger partial charge in [0.25, 0.3) is 0 Å². The van der Waals surface area contributed by atoms with Gasteiger partial charge in [0, 0.05) is 50.8 Å². The number of nitrogens with one attached hydrogen (secondary N) is 1. The van der Waals surface area contributed by atoms with E-state index in [1.807, 2.05) is 11.0 Å². The summed E-state index contributed by atoms with van der Waals surface area (Å²) in [6.45, 7) is 6.65. The number of H-pyrrole nitrogens is 1. The molecule has 1 N–H and O–H groups in total. The Kier molecular flexibility index (Phi) is 6.02. The molecule has 0 saturated carbocycles. The number of fused-ring (bicyclic) bond motifs is 1. The molecule has 0 atom stereocenters. The van der Waals surface area contributed by atoms with E-state index in [4.69, 9.17) is 26.3 Å². The van der Waals surface area contributed by atoms with Crippen LogP contribution in [0.5, 0.6) is 0 Å². The van der Waals surface area contributed by atoms with Crippen LogP contribution in [-0.2, 0) is 16.0 Å². The number of amides is 1. The molecule has 2 fully saturated rings. The zero-order valence-electron chi connectivity index (χ0n) is 18.3. The number of benzene rings is 1. The molecule has 32 heavy (non-hydrogen) atoms. The third-order valence-electron chi connectivity index (χ3n) is 6.53. The fraction of sp³-hybridized carbons (Fsp3) is 0.458. The first-order chi connectivity index (χ1) is 15.6. The van der Waals surface area contributed by atoms with Crippen molar-refractivity contribution >= 4 is 34.4 Å². The molecule has 5 rings (SSSR count). The first-order valence-corrected chi connectivity index (χ1v) is 11.7. The van der Waals surface area contributed by atoms with E-state index in [1.54, 1.807) is 6.92 Å². The number of halogens is 1. The molecule has 0 unspecified atom stereocenters. The Labute approximate surface area is 192 Å². The number of likely N-dealkylation sites (tertiary alicyclic amines) is 1. The molecule has 0 spiro atoms. The SMILES string of the molecule is CC(=O)N1CCC(Cc2nc3nc(-c4ccc(N5CCOCC5)cc4)c(Cl)cc3[nH]2)CC1. The number of piperidine rings is 1. The predicted octanol–water partition coefficient (Wildman–Crippen LogP) is 3.92. The van der Waals surface area contributed by atoms with Crippen molar-refractivity contribution in [1.82, 2.24) is 19.9 Å². The summed E-state index contributed by atoms with van der Waals surface area (Å²) in [6.07, 6.45) is 2.88. The Balaban J connectivity index is 1.32. The van der Waals surface area contributed by atoms with Gasteiger partial charge in [-0.1, -0.05) is 23.7 Å². The van der Waals surface area contributed by atoms with Crippen molar-refractivity contribution in [3.05, 3.63) is 41.2 Å². The predicted molar refractivity (Wildman–Crippen MR) is 126 cm³/mol. The fourth-order valence-corrected chi connectivity index (χ4v) is 4.90. The normalized spacial score (nSPS) is 17.8. The Morgan fingerprint density at radius 2 is 1.84 bits per heavy atom. The summed E-state index contributed by atoms with van der Waals surface area (Å²) in [5.74, 6) is 1.62. The summed E-state index contributed by atoms with van der Waals surface area (Å²) in [4.78, 5) is 28.7. The molecular formula is C24H28ClN5O2. The Morgan fingerprint density at radius 1 is 1.12 bits per heavy atom. The summed E-state index contributed by atoms with van der Waals surface area (Å²) in [7, 11) is 0. The highest BCUT2D eigenvalue weighted by Gasteiger charge is 2.22. The average molecular weight is 454 g/mol. The topological polar surface area (TPSA) is 74.3 Å². The number of rotatable bonds is 4. The molecular weight excluding hydrogens is 426 g/mol. The van der Waals surface area contributed by atoms with E-state index >= 15 is 0 Å². The first-order valence-electron chi connectivity index (χ1n) is 11.3. The molecule has 1 aromatic carbocycles. The maximum Gasteiger partial charge on any atom is 0.219 e. The van der Waals surface area contributed by atoms with Crippen LogP contribution in [0.25, 0.3) is 22.4 Å². The zero-order valence-corrected chi connectivity index (χ0v) is 19.1. The van der Waals surface area contributed by atoms with Gasteiger partial charge < -0.3 is 19.5 Å². The van der Waals surface area contributed by atoms with Crippen LogP contribution >= 0.6 is 11.6 Å². The van der Waals surface area contributed by atoms with Crippen LogP contribution in [0.3, 0.4) is 0 Å². The minimum Gasteiger partial charge on any atom is -0.378 e. The van der Waals surface area contributed by atoms with Gasteiger partial charge in [0.05, 0.1) is 29.4 Å². The van der Waals surface area contributed by atoms with Crippen LogP contribution in [-0.4, -0.2) is 65.2 Å². The average Bonchev–Trinajstić information content (AvgIpc) is 3.20. The van der Waals surface area contributed by atoms with Crippen molar-refractivity contribution in [3.8, 4) is 11.3 Å². The van der Waals surface area contributed by atoms with Crippen molar-refractivity contribution < 1.29 is 9.53 Å². The van der Waals surface area contributed by atoms with Crippen molar-refractivity contribution in [2.45, 2.75) is 26.2 Å². The number of carbonyl (C=O) groups is 1. The molecule has 2 saturated heterocycles. The number of anilines is 1. The summed E-state index contributed by atoms with van der Waals surface area (Å²) in [5, 5.41) is 0.613. The smallest absolute Gasteiger partial charge is 0.219 e. The summed E-state index contributed by atoms with van der Waals surface area (Å²) >= 11 is 6.60. The second-order valence-electron chi connectivity index (χ2n) is 8.67. The van der Waals surface area contributed by atoms with E-state index in [2.05, 4.69) is 34.1 Å². The highest BCUT2D eigenvalue weighted by molar-refractivity contribution is 6.33. The fourth-order valence-electron chi connectivity index (χ4n) is 4.64. The van der Waals surface area contributed by atoms with E-state index in [1.165, 1.54) is 5.69 Å². The van der Waals surface area contributed by atoms with E-state index in [9.17, 15) is 4.79 Å². The van der Waals surface area contributed by atoms with Gasteiger partial charge in [-0.15, -0.1) is 0 Å². The van der Waals surface area contributed by atoms with Gasteiger partial charge in [-0.3, -0.25) is 4.79 Å². The number of aromatic amines is 1. The number of aromatic nitrogens is 3. The van der Waals surface area contributed by atoms with E-state index in [0.717, 1.165) is 81.3 Å². The van der Waals surface area contributed by atoms with Gasteiger partial charge in [-0.2, -0.15) is 0 Å². The van der Waals surface area contributed by atoms with Crippen LogP contribution in [0.1, 0.15) is 25.6 Å². The molecule has 0 aliphatic carbocycles. The van der Waals surface area contributed by atoms with Crippen LogP contribution in [0.2, 0.25) is 5.02 Å². The highest BCUT2D eigenvalue weighted by atomic mass is 35.5. The third kappa shape index (κ3) is 4.45. The standard InChI is InChI=1S/C24H28ClN5O2/c1-16(31)29-8-6-17(7-9-29)14-22-26-21-15-20(25)23(28-24(21)27-22)18-2-4-19(5-3-18)30-10-12-32-13-11-30/h2-5,15,17H,6-14H2,1H3,(H,26,27,28). The Bertz CT molecular complexity index is 1100. The molecule has 8 heteroatoms. The lowest BCUT2D eigenvalue weighted by Gasteiger charge is -2.30. The lowest BCUT2D eigenvalue weighted by Crippen LogP contribution is -2.37. The Morgan fingerprint density at radius 3 is 2.53 bits per heavy atom. The number of hydrogen-bond acceptors (Lipinski definition) is 5. The van der Waals surface area contributed by atoms with E-state index in [0.29, 0.717) is 16.6 Å². The largest absolute Gasteiger partial charge is 0.378 e. The number of carbonyl (C=O) groups excluding carboxylic acids is 1. The molecule has 4 heterocycles. The van der Waals surface area contributed by atoms with E-state index < -0.39 is 0 Å².